The van der Waals surface area contributed by atoms with E-state index in [0.29, 0.717) is 23.1 Å². The number of thiazole rings is 1. The van der Waals surface area contributed by atoms with E-state index in [4.69, 9.17) is 15.7 Å². The number of nitrogens with two attached hydrogens (primary N) is 1. The average molecular weight is 231 g/mol. The molecule has 0 aliphatic rings. The molecule has 2 rings (SSSR count). The van der Waals surface area contributed by atoms with E-state index in [9.17, 15) is 0 Å². The second kappa shape index (κ2) is 4.64. The Labute approximate surface area is 96.9 Å². The van der Waals surface area contributed by atoms with Crippen LogP contribution in [0.1, 0.15) is 10.4 Å². The number of benzene rings is 1. The van der Waals surface area contributed by atoms with Crippen LogP contribution >= 0.6 is 11.3 Å². The van der Waals surface area contributed by atoms with Gasteiger partial charge < -0.3 is 10.5 Å². The first-order valence-electron chi connectivity index (χ1n) is 4.61. The lowest BCUT2D eigenvalue weighted by Gasteiger charge is -2.03. The zero-order chi connectivity index (χ0) is 11.4. The highest BCUT2D eigenvalue weighted by atomic mass is 32.1. The molecular weight excluding hydrogens is 222 g/mol. The van der Waals surface area contributed by atoms with Crippen molar-refractivity contribution in [2.45, 2.75) is 6.61 Å². The van der Waals surface area contributed by atoms with E-state index in [1.54, 1.807) is 24.4 Å². The number of rotatable bonds is 3. The monoisotopic (exact) mass is 231 g/mol. The Morgan fingerprint density at radius 1 is 1.50 bits per heavy atom. The number of hydrogen-bond acceptors (Lipinski definition) is 5. The number of nitrogen functional groups attached to an aromatic ring is 1. The third kappa shape index (κ3) is 2.49. The summed E-state index contributed by atoms with van der Waals surface area (Å²) in [6, 6.07) is 9.09. The summed E-state index contributed by atoms with van der Waals surface area (Å²) in [5.41, 5.74) is 6.09. The van der Waals surface area contributed by atoms with Gasteiger partial charge in [0.25, 0.3) is 0 Å². The molecule has 1 aromatic carbocycles. The fraction of sp³-hybridized carbons (Fsp3) is 0.0909. The van der Waals surface area contributed by atoms with Crippen molar-refractivity contribution in [1.82, 2.24) is 4.98 Å². The van der Waals surface area contributed by atoms with Crippen LogP contribution < -0.4 is 10.5 Å². The molecular formula is C11H9N3OS. The predicted octanol–water partition coefficient (Wildman–Crippen LogP) is 2.18. The van der Waals surface area contributed by atoms with Crippen LogP contribution in [0.2, 0.25) is 0 Å². The van der Waals surface area contributed by atoms with Crippen molar-refractivity contribution in [3.63, 3.8) is 0 Å². The molecule has 0 spiro atoms. The first kappa shape index (κ1) is 10.5. The summed E-state index contributed by atoms with van der Waals surface area (Å²) in [4.78, 5) is 4.88. The third-order valence-electron chi connectivity index (χ3n) is 1.92. The van der Waals surface area contributed by atoms with Crippen LogP contribution in [0.3, 0.4) is 0 Å². The summed E-state index contributed by atoms with van der Waals surface area (Å²) < 4.78 is 5.51. The Morgan fingerprint density at radius 3 is 3.06 bits per heavy atom. The molecule has 4 nitrogen and oxygen atoms in total. The minimum atomic E-state index is 0.420. The maximum atomic E-state index is 8.72. The maximum absolute atomic E-state index is 8.72. The maximum Gasteiger partial charge on any atom is 0.180 e. The van der Waals surface area contributed by atoms with Crippen molar-refractivity contribution in [2.75, 3.05) is 5.73 Å². The molecule has 2 N–H and O–H groups in total. The first-order valence-corrected chi connectivity index (χ1v) is 5.43. The molecule has 0 unspecified atom stereocenters. The lowest BCUT2D eigenvalue weighted by molar-refractivity contribution is 0.309. The number of ether oxygens (including phenoxy) is 1. The SMILES string of the molecule is N#Cc1cccc(OCc2cnc(N)s2)c1. The summed E-state index contributed by atoms with van der Waals surface area (Å²) >= 11 is 1.39. The van der Waals surface area contributed by atoms with Crippen LogP contribution in [0.15, 0.2) is 30.5 Å². The van der Waals surface area contributed by atoms with Crippen molar-refractivity contribution in [3.8, 4) is 11.8 Å². The molecule has 0 saturated heterocycles. The lowest BCUT2D eigenvalue weighted by atomic mass is 10.2. The van der Waals surface area contributed by atoms with Crippen LogP contribution in [0.25, 0.3) is 0 Å². The standard InChI is InChI=1S/C11H9N3OS/c12-5-8-2-1-3-9(4-8)15-7-10-6-14-11(13)16-10/h1-4,6H,7H2,(H2,13,14). The molecule has 16 heavy (non-hydrogen) atoms. The van der Waals surface area contributed by atoms with Crippen molar-refractivity contribution in [3.05, 3.63) is 40.9 Å². The van der Waals surface area contributed by atoms with E-state index in [2.05, 4.69) is 11.1 Å². The highest BCUT2D eigenvalue weighted by molar-refractivity contribution is 7.15. The second-order valence-electron chi connectivity index (χ2n) is 3.09. The van der Waals surface area contributed by atoms with Gasteiger partial charge in [-0.15, -0.1) is 0 Å². The van der Waals surface area contributed by atoms with E-state index in [-0.39, 0.29) is 0 Å². The molecule has 1 heterocycles. The van der Waals surface area contributed by atoms with Gasteiger partial charge in [-0.3, -0.25) is 0 Å². The zero-order valence-corrected chi connectivity index (χ0v) is 9.20. The van der Waals surface area contributed by atoms with Crippen molar-refractivity contribution < 1.29 is 4.74 Å². The van der Waals surface area contributed by atoms with Crippen LogP contribution in [0, 0.1) is 11.3 Å². The van der Waals surface area contributed by atoms with Gasteiger partial charge in [-0.2, -0.15) is 5.26 Å². The number of anilines is 1. The fourth-order valence-corrected chi connectivity index (χ4v) is 1.80. The summed E-state index contributed by atoms with van der Waals surface area (Å²) in [6.07, 6.45) is 1.69. The van der Waals surface area contributed by atoms with E-state index < -0.39 is 0 Å². The molecule has 80 valence electrons. The normalized spacial score (nSPS) is 9.69. The molecule has 0 fully saturated rings. The van der Waals surface area contributed by atoms with Gasteiger partial charge in [0, 0.05) is 6.20 Å². The van der Waals surface area contributed by atoms with Crippen molar-refractivity contribution in [2.24, 2.45) is 0 Å². The molecule has 0 bridgehead atoms. The van der Waals surface area contributed by atoms with E-state index in [0.717, 1.165) is 4.88 Å². The summed E-state index contributed by atoms with van der Waals surface area (Å²) in [6.45, 7) is 0.420. The molecule has 0 atom stereocenters. The Hall–Kier alpha value is -2.06. The highest BCUT2D eigenvalue weighted by Gasteiger charge is 2.00. The van der Waals surface area contributed by atoms with E-state index >= 15 is 0 Å². The molecule has 0 aliphatic carbocycles. The first-order chi connectivity index (χ1) is 7.78. The number of nitrogens with zero attached hydrogens (tertiary/aromatic N) is 2. The Bertz CT molecular complexity index is 530. The number of nitriles is 1. The van der Waals surface area contributed by atoms with Gasteiger partial charge in [-0.25, -0.2) is 4.98 Å². The highest BCUT2D eigenvalue weighted by Crippen LogP contribution is 2.18. The van der Waals surface area contributed by atoms with Gasteiger partial charge in [0.05, 0.1) is 16.5 Å². The molecule has 0 saturated carbocycles. The Balaban J connectivity index is 2.02. The summed E-state index contributed by atoms with van der Waals surface area (Å²) in [5.74, 6) is 0.672. The topological polar surface area (TPSA) is 71.9 Å². The fourth-order valence-electron chi connectivity index (χ4n) is 1.20. The van der Waals surface area contributed by atoms with Gasteiger partial charge in [0.1, 0.15) is 12.4 Å². The molecule has 5 heteroatoms. The van der Waals surface area contributed by atoms with Crippen LogP contribution in [-0.4, -0.2) is 4.98 Å². The van der Waals surface area contributed by atoms with Crippen LogP contribution in [-0.2, 0) is 6.61 Å². The lowest BCUT2D eigenvalue weighted by Crippen LogP contribution is -1.92. The zero-order valence-electron chi connectivity index (χ0n) is 8.38. The van der Waals surface area contributed by atoms with E-state index in [1.165, 1.54) is 11.3 Å². The predicted molar refractivity (Wildman–Crippen MR) is 62.0 cm³/mol. The van der Waals surface area contributed by atoms with Gasteiger partial charge in [-0.05, 0) is 18.2 Å². The minimum Gasteiger partial charge on any atom is -0.488 e. The van der Waals surface area contributed by atoms with Crippen LogP contribution in [0.4, 0.5) is 5.13 Å². The van der Waals surface area contributed by atoms with Crippen molar-refractivity contribution >= 4 is 16.5 Å². The van der Waals surface area contributed by atoms with E-state index in [1.807, 2.05) is 6.07 Å². The third-order valence-corrected chi connectivity index (χ3v) is 2.72. The molecule has 0 amide bonds. The summed E-state index contributed by atoms with van der Waals surface area (Å²) in [5, 5.41) is 9.25. The molecule has 0 radical (unpaired) electrons. The Morgan fingerprint density at radius 2 is 2.38 bits per heavy atom. The number of aromatic nitrogens is 1. The van der Waals surface area contributed by atoms with Gasteiger partial charge >= 0.3 is 0 Å². The van der Waals surface area contributed by atoms with Gasteiger partial charge in [0.15, 0.2) is 5.13 Å². The van der Waals surface area contributed by atoms with Gasteiger partial charge in [-0.1, -0.05) is 17.4 Å². The smallest absolute Gasteiger partial charge is 0.180 e. The molecule has 2 aromatic rings. The van der Waals surface area contributed by atoms with Crippen LogP contribution in [0.5, 0.6) is 5.75 Å². The quantitative estimate of drug-likeness (QED) is 0.878. The number of hydrogen-bond donors (Lipinski definition) is 1. The largest absolute Gasteiger partial charge is 0.488 e. The van der Waals surface area contributed by atoms with Gasteiger partial charge in [0.2, 0.25) is 0 Å². The molecule has 1 aromatic heterocycles. The average Bonchev–Trinajstić information content (AvgIpc) is 2.73. The molecule has 0 aliphatic heterocycles. The Kier molecular flexibility index (Phi) is 3.03. The summed E-state index contributed by atoms with van der Waals surface area (Å²) in [7, 11) is 0. The second-order valence-corrected chi connectivity index (χ2v) is 4.24. The minimum absolute atomic E-state index is 0.420. The van der Waals surface area contributed by atoms with Crippen molar-refractivity contribution in [1.29, 1.82) is 5.26 Å².